The number of carbonyl (C=O) groups is 1. The molecule has 0 unspecified atom stereocenters. The summed E-state index contributed by atoms with van der Waals surface area (Å²) in [6.07, 6.45) is 3.38. The third kappa shape index (κ3) is 3.20. The summed E-state index contributed by atoms with van der Waals surface area (Å²) in [7, 11) is 0. The highest BCUT2D eigenvalue weighted by molar-refractivity contribution is 8.14. The first kappa shape index (κ1) is 15.7. The molecule has 0 aromatic heterocycles. The van der Waals surface area contributed by atoms with Crippen LogP contribution >= 0.6 is 11.8 Å². The first-order valence-electron chi connectivity index (χ1n) is 8.68. The van der Waals surface area contributed by atoms with Gasteiger partial charge in [0.15, 0.2) is 5.17 Å². The van der Waals surface area contributed by atoms with Gasteiger partial charge < -0.3 is 9.80 Å². The smallest absolute Gasteiger partial charge is 0.225 e. The Morgan fingerprint density at radius 3 is 2.38 bits per heavy atom. The average Bonchev–Trinajstić information content (AvgIpc) is 2.61. The maximum Gasteiger partial charge on any atom is 0.225 e. The maximum absolute atomic E-state index is 12.3. The fourth-order valence-corrected chi connectivity index (χ4v) is 4.21. The first-order valence-corrected chi connectivity index (χ1v) is 9.66. The molecule has 0 atom stereocenters. The van der Waals surface area contributed by atoms with E-state index >= 15 is 0 Å². The Bertz CT molecular complexity index is 661. The summed E-state index contributed by atoms with van der Waals surface area (Å²) in [6.45, 7) is 3.34. The standard InChI is InChI=1S/C18H22N4OS/c23-17(15-7-4-8-15)21-9-11-22(12-10-21)18-20-19-16(13-24-18)14-5-2-1-3-6-14/h1-3,5-6,15H,4,7-13H2. The number of hydrogen-bond acceptors (Lipinski definition) is 5. The molecule has 24 heavy (non-hydrogen) atoms. The number of thioether (sulfide) groups is 1. The van der Waals surface area contributed by atoms with Gasteiger partial charge in [0.25, 0.3) is 0 Å². The number of carbonyl (C=O) groups excluding carboxylic acids is 1. The molecule has 1 saturated heterocycles. The molecule has 1 saturated carbocycles. The van der Waals surface area contributed by atoms with Gasteiger partial charge in [-0.1, -0.05) is 48.5 Å². The molecule has 1 aromatic carbocycles. The second-order valence-corrected chi connectivity index (χ2v) is 7.47. The fraction of sp³-hybridized carbons (Fsp3) is 0.500. The van der Waals surface area contributed by atoms with Crippen molar-refractivity contribution in [2.75, 3.05) is 31.9 Å². The van der Waals surface area contributed by atoms with Crippen LogP contribution in [0.25, 0.3) is 0 Å². The monoisotopic (exact) mass is 342 g/mol. The Balaban J connectivity index is 1.35. The van der Waals surface area contributed by atoms with Crippen molar-refractivity contribution < 1.29 is 4.79 Å². The molecule has 0 N–H and O–H groups in total. The Kier molecular flexibility index (Phi) is 4.56. The molecule has 1 aromatic rings. The van der Waals surface area contributed by atoms with E-state index in [1.54, 1.807) is 11.8 Å². The predicted molar refractivity (Wildman–Crippen MR) is 98.4 cm³/mol. The van der Waals surface area contributed by atoms with Gasteiger partial charge in [-0.15, -0.1) is 5.10 Å². The van der Waals surface area contributed by atoms with Crippen molar-refractivity contribution >= 4 is 28.5 Å². The van der Waals surface area contributed by atoms with Crippen molar-refractivity contribution in [3.63, 3.8) is 0 Å². The first-order chi connectivity index (χ1) is 11.8. The molecule has 0 spiro atoms. The third-order valence-electron chi connectivity index (χ3n) is 5.02. The lowest BCUT2D eigenvalue weighted by Crippen LogP contribution is -2.52. The summed E-state index contributed by atoms with van der Waals surface area (Å²) in [5, 5.41) is 9.85. The molecule has 2 heterocycles. The van der Waals surface area contributed by atoms with Crippen LogP contribution < -0.4 is 0 Å². The second kappa shape index (κ2) is 6.97. The summed E-state index contributed by atoms with van der Waals surface area (Å²) in [4.78, 5) is 16.6. The van der Waals surface area contributed by atoms with Crippen LogP contribution in [0.5, 0.6) is 0 Å². The van der Waals surface area contributed by atoms with Gasteiger partial charge in [-0.05, 0) is 18.4 Å². The number of amidine groups is 1. The van der Waals surface area contributed by atoms with Gasteiger partial charge in [0.1, 0.15) is 0 Å². The van der Waals surface area contributed by atoms with Gasteiger partial charge in [0, 0.05) is 37.8 Å². The molecule has 1 aliphatic carbocycles. The highest BCUT2D eigenvalue weighted by Gasteiger charge is 2.32. The summed E-state index contributed by atoms with van der Waals surface area (Å²) in [6, 6.07) is 10.2. The molecule has 3 aliphatic rings. The van der Waals surface area contributed by atoms with E-state index in [1.165, 1.54) is 6.42 Å². The molecule has 0 radical (unpaired) electrons. The quantitative estimate of drug-likeness (QED) is 0.829. The van der Waals surface area contributed by atoms with Crippen molar-refractivity contribution in [3.05, 3.63) is 35.9 Å². The fourth-order valence-electron chi connectivity index (χ4n) is 3.25. The van der Waals surface area contributed by atoms with E-state index < -0.39 is 0 Å². The van der Waals surface area contributed by atoms with Crippen molar-refractivity contribution in [1.29, 1.82) is 0 Å². The lowest BCUT2D eigenvalue weighted by molar-refractivity contribution is -0.139. The van der Waals surface area contributed by atoms with E-state index in [0.29, 0.717) is 11.8 Å². The van der Waals surface area contributed by atoms with E-state index in [-0.39, 0.29) is 0 Å². The van der Waals surface area contributed by atoms with Crippen LogP contribution in [0.4, 0.5) is 0 Å². The van der Waals surface area contributed by atoms with Crippen LogP contribution in [-0.4, -0.2) is 58.5 Å². The minimum atomic E-state index is 0.302. The van der Waals surface area contributed by atoms with Crippen LogP contribution in [0, 0.1) is 5.92 Å². The lowest BCUT2D eigenvalue weighted by Gasteiger charge is -2.39. The Morgan fingerprint density at radius 1 is 1.04 bits per heavy atom. The van der Waals surface area contributed by atoms with Gasteiger partial charge in [-0.25, -0.2) is 0 Å². The van der Waals surface area contributed by atoms with Gasteiger partial charge in [-0.2, -0.15) is 5.10 Å². The zero-order chi connectivity index (χ0) is 16.4. The summed E-state index contributed by atoms with van der Waals surface area (Å²) in [5.74, 6) is 1.52. The molecule has 5 nitrogen and oxygen atoms in total. The van der Waals surface area contributed by atoms with Gasteiger partial charge in [0.2, 0.25) is 5.91 Å². The highest BCUT2D eigenvalue weighted by Crippen LogP contribution is 2.29. The number of rotatable bonds is 2. The average molecular weight is 342 g/mol. The predicted octanol–water partition coefficient (Wildman–Crippen LogP) is 2.44. The number of amides is 1. The zero-order valence-corrected chi connectivity index (χ0v) is 14.5. The zero-order valence-electron chi connectivity index (χ0n) is 13.7. The normalized spacial score (nSPS) is 21.8. The van der Waals surface area contributed by atoms with Gasteiger partial charge in [0.05, 0.1) is 5.71 Å². The number of hydrogen-bond donors (Lipinski definition) is 0. The maximum atomic E-state index is 12.3. The molecular formula is C18H22N4OS. The van der Waals surface area contributed by atoms with E-state index in [4.69, 9.17) is 0 Å². The second-order valence-electron chi connectivity index (χ2n) is 6.52. The third-order valence-corrected chi connectivity index (χ3v) is 6.03. The molecular weight excluding hydrogens is 320 g/mol. The minimum absolute atomic E-state index is 0.302. The van der Waals surface area contributed by atoms with Gasteiger partial charge in [-0.3, -0.25) is 4.79 Å². The number of benzene rings is 1. The molecule has 126 valence electrons. The van der Waals surface area contributed by atoms with Crippen LogP contribution in [0.15, 0.2) is 40.5 Å². The van der Waals surface area contributed by atoms with E-state index in [0.717, 1.165) is 61.2 Å². The van der Waals surface area contributed by atoms with Crippen molar-refractivity contribution in [2.24, 2.45) is 16.1 Å². The van der Waals surface area contributed by atoms with Crippen LogP contribution in [0.3, 0.4) is 0 Å². The van der Waals surface area contributed by atoms with E-state index in [1.807, 2.05) is 23.1 Å². The van der Waals surface area contributed by atoms with Crippen molar-refractivity contribution in [3.8, 4) is 0 Å². The lowest BCUT2D eigenvalue weighted by atomic mass is 9.84. The highest BCUT2D eigenvalue weighted by atomic mass is 32.2. The van der Waals surface area contributed by atoms with E-state index in [2.05, 4.69) is 27.2 Å². The Morgan fingerprint density at radius 2 is 1.79 bits per heavy atom. The number of piperazine rings is 1. The summed E-state index contributed by atoms with van der Waals surface area (Å²) >= 11 is 1.75. The molecule has 6 heteroatoms. The minimum Gasteiger partial charge on any atom is -0.346 e. The number of nitrogens with zero attached hydrogens (tertiary/aromatic N) is 4. The van der Waals surface area contributed by atoms with E-state index in [9.17, 15) is 4.79 Å². The molecule has 1 amide bonds. The SMILES string of the molecule is O=C(C1CCC1)N1CCN(C2=NN=C(c3ccccc3)CS2)CC1. The molecule has 4 rings (SSSR count). The molecule has 2 aliphatic heterocycles. The molecule has 0 bridgehead atoms. The molecule has 2 fully saturated rings. The summed E-state index contributed by atoms with van der Waals surface area (Å²) < 4.78 is 0. The largest absolute Gasteiger partial charge is 0.346 e. The Labute approximate surface area is 146 Å². The van der Waals surface area contributed by atoms with Crippen LogP contribution in [0.2, 0.25) is 0 Å². The van der Waals surface area contributed by atoms with Gasteiger partial charge >= 0.3 is 0 Å². The summed E-state index contributed by atoms with van der Waals surface area (Å²) in [5.41, 5.74) is 2.17. The topological polar surface area (TPSA) is 48.3 Å². The van der Waals surface area contributed by atoms with Crippen molar-refractivity contribution in [2.45, 2.75) is 19.3 Å². The Hall–Kier alpha value is -1.82. The van der Waals surface area contributed by atoms with Crippen LogP contribution in [0.1, 0.15) is 24.8 Å². The van der Waals surface area contributed by atoms with Crippen LogP contribution in [-0.2, 0) is 4.79 Å². The van der Waals surface area contributed by atoms with Crippen molar-refractivity contribution in [1.82, 2.24) is 9.80 Å².